The Balaban J connectivity index is 2.39. The number of halogens is 2. The Hall–Kier alpha value is -1.01. The standard InChI is InChI=1S/C15H22Cl2N2O3/c1-3-9(2)14(18)15(21)19-7-10(20)8-22-12-6-4-5-11(16)13(12)17/h4-6,9-10,14,20H,3,7-8,18H2,1-2H3,(H,19,21). The molecule has 0 heterocycles. The summed E-state index contributed by atoms with van der Waals surface area (Å²) in [7, 11) is 0. The summed E-state index contributed by atoms with van der Waals surface area (Å²) in [5.74, 6) is 0.184. The van der Waals surface area contributed by atoms with Crippen molar-refractivity contribution in [3.8, 4) is 5.75 Å². The summed E-state index contributed by atoms with van der Waals surface area (Å²) in [6.07, 6.45) is -0.0591. The van der Waals surface area contributed by atoms with Gasteiger partial charge in [-0.1, -0.05) is 49.5 Å². The monoisotopic (exact) mass is 348 g/mol. The van der Waals surface area contributed by atoms with E-state index in [0.29, 0.717) is 15.8 Å². The van der Waals surface area contributed by atoms with E-state index in [4.69, 9.17) is 33.7 Å². The number of aliphatic hydroxyl groups is 1. The number of aliphatic hydroxyl groups excluding tert-OH is 1. The van der Waals surface area contributed by atoms with Crippen molar-refractivity contribution in [3.05, 3.63) is 28.2 Å². The zero-order chi connectivity index (χ0) is 16.7. The molecule has 4 N–H and O–H groups in total. The molecule has 1 aromatic carbocycles. The van der Waals surface area contributed by atoms with Crippen LogP contribution in [-0.4, -0.2) is 36.3 Å². The van der Waals surface area contributed by atoms with Crippen LogP contribution in [0.25, 0.3) is 0 Å². The van der Waals surface area contributed by atoms with Gasteiger partial charge in [0.05, 0.1) is 11.1 Å². The third kappa shape index (κ3) is 5.65. The Morgan fingerprint density at radius 2 is 2.14 bits per heavy atom. The number of nitrogens with one attached hydrogen (secondary N) is 1. The van der Waals surface area contributed by atoms with Crippen molar-refractivity contribution in [1.29, 1.82) is 0 Å². The number of rotatable bonds is 8. The minimum atomic E-state index is -0.872. The lowest BCUT2D eigenvalue weighted by molar-refractivity contribution is -0.123. The Morgan fingerprint density at radius 3 is 2.77 bits per heavy atom. The Morgan fingerprint density at radius 1 is 1.45 bits per heavy atom. The first-order chi connectivity index (χ1) is 10.4. The number of nitrogens with two attached hydrogens (primary N) is 1. The van der Waals surface area contributed by atoms with E-state index in [9.17, 15) is 9.90 Å². The second-order valence-corrected chi connectivity index (χ2v) is 5.96. The molecular formula is C15H22Cl2N2O3. The maximum absolute atomic E-state index is 11.8. The van der Waals surface area contributed by atoms with E-state index in [1.165, 1.54) is 0 Å². The van der Waals surface area contributed by atoms with Gasteiger partial charge in [0.2, 0.25) is 5.91 Å². The average Bonchev–Trinajstić information content (AvgIpc) is 2.52. The molecule has 22 heavy (non-hydrogen) atoms. The molecule has 0 saturated heterocycles. The predicted molar refractivity (Wildman–Crippen MR) is 88.4 cm³/mol. The van der Waals surface area contributed by atoms with Gasteiger partial charge in [0.25, 0.3) is 0 Å². The number of hydrogen-bond donors (Lipinski definition) is 3. The van der Waals surface area contributed by atoms with E-state index in [1.54, 1.807) is 18.2 Å². The van der Waals surface area contributed by atoms with Gasteiger partial charge < -0.3 is 20.9 Å². The van der Waals surface area contributed by atoms with Crippen LogP contribution in [0, 0.1) is 5.92 Å². The van der Waals surface area contributed by atoms with Gasteiger partial charge in [0.15, 0.2) is 0 Å². The van der Waals surface area contributed by atoms with Gasteiger partial charge in [0.1, 0.15) is 23.5 Å². The molecule has 1 rings (SSSR count). The van der Waals surface area contributed by atoms with Crippen molar-refractivity contribution in [2.24, 2.45) is 11.7 Å². The molecule has 7 heteroatoms. The van der Waals surface area contributed by atoms with Crippen molar-refractivity contribution in [3.63, 3.8) is 0 Å². The number of benzene rings is 1. The fraction of sp³-hybridized carbons (Fsp3) is 0.533. The van der Waals surface area contributed by atoms with E-state index >= 15 is 0 Å². The van der Waals surface area contributed by atoms with E-state index < -0.39 is 12.1 Å². The zero-order valence-electron chi connectivity index (χ0n) is 12.7. The van der Waals surface area contributed by atoms with Crippen molar-refractivity contribution in [2.75, 3.05) is 13.2 Å². The summed E-state index contributed by atoms with van der Waals surface area (Å²) in [6.45, 7) is 3.92. The number of carbonyl (C=O) groups excluding carboxylic acids is 1. The normalized spacial score (nSPS) is 15.0. The molecule has 0 aliphatic heterocycles. The van der Waals surface area contributed by atoms with E-state index in [1.807, 2.05) is 13.8 Å². The van der Waals surface area contributed by atoms with Crippen molar-refractivity contribution in [2.45, 2.75) is 32.4 Å². The van der Waals surface area contributed by atoms with Gasteiger partial charge in [0, 0.05) is 6.54 Å². The van der Waals surface area contributed by atoms with Crippen LogP contribution in [0.5, 0.6) is 5.75 Å². The van der Waals surface area contributed by atoms with Crippen LogP contribution >= 0.6 is 23.2 Å². The Bertz CT molecular complexity index is 500. The highest BCUT2D eigenvalue weighted by Gasteiger charge is 2.20. The minimum Gasteiger partial charge on any atom is -0.489 e. The average molecular weight is 349 g/mol. The largest absolute Gasteiger partial charge is 0.489 e. The first-order valence-electron chi connectivity index (χ1n) is 7.15. The van der Waals surface area contributed by atoms with E-state index in [-0.39, 0.29) is 25.0 Å². The van der Waals surface area contributed by atoms with Crippen molar-refractivity contribution < 1.29 is 14.6 Å². The molecule has 0 aliphatic rings. The molecule has 5 nitrogen and oxygen atoms in total. The first-order valence-corrected chi connectivity index (χ1v) is 7.90. The molecule has 0 bridgehead atoms. The van der Waals surface area contributed by atoms with Crippen molar-refractivity contribution >= 4 is 29.1 Å². The summed E-state index contributed by atoms with van der Waals surface area (Å²) in [4.78, 5) is 11.8. The summed E-state index contributed by atoms with van der Waals surface area (Å²) in [5, 5.41) is 13.1. The van der Waals surface area contributed by atoms with Crippen LogP contribution in [0.2, 0.25) is 10.0 Å². The molecule has 124 valence electrons. The highest BCUT2D eigenvalue weighted by Crippen LogP contribution is 2.31. The zero-order valence-corrected chi connectivity index (χ0v) is 14.2. The topological polar surface area (TPSA) is 84.6 Å². The molecule has 1 amide bonds. The molecule has 3 unspecified atom stereocenters. The fourth-order valence-electron chi connectivity index (χ4n) is 1.69. The van der Waals surface area contributed by atoms with Gasteiger partial charge in [-0.3, -0.25) is 4.79 Å². The maximum Gasteiger partial charge on any atom is 0.237 e. The quantitative estimate of drug-likeness (QED) is 0.672. The molecule has 0 fully saturated rings. The van der Waals surface area contributed by atoms with Crippen LogP contribution in [-0.2, 0) is 4.79 Å². The highest BCUT2D eigenvalue weighted by atomic mass is 35.5. The summed E-state index contributed by atoms with van der Waals surface area (Å²) in [6, 6.07) is 4.41. The molecule has 0 radical (unpaired) electrons. The lowest BCUT2D eigenvalue weighted by Crippen LogP contribution is -2.47. The van der Waals surface area contributed by atoms with Crippen molar-refractivity contribution in [1.82, 2.24) is 5.32 Å². The third-order valence-corrected chi connectivity index (χ3v) is 4.22. The summed E-state index contributed by atoms with van der Waals surface area (Å²) < 4.78 is 5.39. The molecule has 3 atom stereocenters. The highest BCUT2D eigenvalue weighted by molar-refractivity contribution is 6.42. The molecule has 1 aromatic rings. The first kappa shape index (κ1) is 19.0. The van der Waals surface area contributed by atoms with Gasteiger partial charge in [-0.05, 0) is 18.1 Å². The molecule has 0 aliphatic carbocycles. The van der Waals surface area contributed by atoms with Gasteiger partial charge in [-0.2, -0.15) is 0 Å². The number of amides is 1. The smallest absolute Gasteiger partial charge is 0.237 e. The molecule has 0 saturated carbocycles. The number of carbonyl (C=O) groups is 1. The lowest BCUT2D eigenvalue weighted by atomic mass is 9.99. The lowest BCUT2D eigenvalue weighted by Gasteiger charge is -2.19. The second kappa shape index (κ2) is 9.20. The van der Waals surface area contributed by atoms with Gasteiger partial charge in [-0.15, -0.1) is 0 Å². The molecule has 0 aromatic heterocycles. The fourth-order valence-corrected chi connectivity index (χ4v) is 2.04. The van der Waals surface area contributed by atoms with Gasteiger partial charge in [-0.25, -0.2) is 0 Å². The van der Waals surface area contributed by atoms with E-state index in [0.717, 1.165) is 6.42 Å². The Kier molecular flexibility index (Phi) is 7.96. The van der Waals surface area contributed by atoms with Gasteiger partial charge >= 0.3 is 0 Å². The minimum absolute atomic E-state index is 0.0150. The van der Waals surface area contributed by atoms with E-state index in [2.05, 4.69) is 5.32 Å². The SMILES string of the molecule is CCC(C)C(N)C(=O)NCC(O)COc1cccc(Cl)c1Cl. The van der Waals surface area contributed by atoms with Crippen LogP contribution < -0.4 is 15.8 Å². The van der Waals surface area contributed by atoms with Crippen LogP contribution in [0.4, 0.5) is 0 Å². The predicted octanol–water partition coefficient (Wildman–Crippen LogP) is 2.22. The Labute approximate surface area is 140 Å². The number of ether oxygens (including phenoxy) is 1. The third-order valence-electron chi connectivity index (χ3n) is 3.42. The molecular weight excluding hydrogens is 327 g/mol. The maximum atomic E-state index is 11.8. The van der Waals surface area contributed by atoms with Crippen LogP contribution in [0.1, 0.15) is 20.3 Å². The summed E-state index contributed by atoms with van der Waals surface area (Å²) in [5.41, 5.74) is 5.80. The second-order valence-electron chi connectivity index (χ2n) is 5.17. The summed E-state index contributed by atoms with van der Waals surface area (Å²) >= 11 is 11.8. The molecule has 0 spiro atoms. The number of hydrogen-bond acceptors (Lipinski definition) is 4. The van der Waals surface area contributed by atoms with Crippen LogP contribution in [0.3, 0.4) is 0 Å². The van der Waals surface area contributed by atoms with Crippen LogP contribution in [0.15, 0.2) is 18.2 Å².